The van der Waals surface area contributed by atoms with Crippen molar-refractivity contribution in [2.75, 3.05) is 5.32 Å². The molecule has 0 atom stereocenters. The second-order valence-corrected chi connectivity index (χ2v) is 5.47. The zero-order valence-corrected chi connectivity index (χ0v) is 13.7. The van der Waals surface area contributed by atoms with Gasteiger partial charge in [-0.2, -0.15) is 10.1 Å². The highest BCUT2D eigenvalue weighted by Gasteiger charge is 2.11. The van der Waals surface area contributed by atoms with Crippen LogP contribution in [-0.2, 0) is 6.54 Å². The van der Waals surface area contributed by atoms with Gasteiger partial charge in [0.2, 0.25) is 0 Å². The molecule has 7 nitrogen and oxygen atoms in total. The van der Waals surface area contributed by atoms with E-state index in [-0.39, 0.29) is 5.91 Å². The summed E-state index contributed by atoms with van der Waals surface area (Å²) >= 11 is 0. The maximum Gasteiger partial charge on any atom is 0.257 e. The van der Waals surface area contributed by atoms with Gasteiger partial charge in [-0.1, -0.05) is 18.5 Å². The minimum Gasteiger partial charge on any atom is -0.334 e. The van der Waals surface area contributed by atoms with Crippen LogP contribution < -0.4 is 5.32 Å². The van der Waals surface area contributed by atoms with Gasteiger partial charge in [0.15, 0.2) is 5.82 Å². The zero-order valence-electron chi connectivity index (χ0n) is 13.7. The maximum absolute atomic E-state index is 12.4. The normalized spacial score (nSPS) is 10.8. The van der Waals surface area contributed by atoms with Crippen molar-refractivity contribution < 1.29 is 9.32 Å². The molecule has 1 N–H and O–H groups in total. The summed E-state index contributed by atoms with van der Waals surface area (Å²) in [6.07, 6.45) is 3.78. The number of hydrogen-bond donors (Lipinski definition) is 1. The van der Waals surface area contributed by atoms with E-state index in [1.54, 1.807) is 48.1 Å². The highest BCUT2D eigenvalue weighted by Crippen LogP contribution is 2.18. The third-order valence-electron chi connectivity index (χ3n) is 3.60. The molecule has 2 heterocycles. The highest BCUT2D eigenvalue weighted by molar-refractivity contribution is 6.04. The van der Waals surface area contributed by atoms with Gasteiger partial charge in [-0.05, 0) is 37.6 Å². The van der Waals surface area contributed by atoms with Crippen LogP contribution >= 0.6 is 0 Å². The number of carbonyl (C=O) groups excluding carboxylic acids is 1. The van der Waals surface area contributed by atoms with Crippen LogP contribution in [-0.4, -0.2) is 25.8 Å². The van der Waals surface area contributed by atoms with E-state index in [0.29, 0.717) is 23.1 Å². The Kier molecular flexibility index (Phi) is 4.69. The summed E-state index contributed by atoms with van der Waals surface area (Å²) in [5.74, 6) is 1.54. The Bertz CT molecular complexity index is 820. The molecule has 0 unspecified atom stereocenters. The Labute approximate surface area is 139 Å². The number of benzene rings is 1. The molecule has 3 rings (SSSR count). The molecule has 0 aliphatic carbocycles. The number of nitrogens with zero attached hydrogens (tertiary/aromatic N) is 4. The molecule has 124 valence electrons. The molecule has 1 amide bonds. The molecule has 0 fully saturated rings. The van der Waals surface area contributed by atoms with Crippen LogP contribution in [0, 0.1) is 6.92 Å². The number of carbonyl (C=O) groups is 1. The Hall–Kier alpha value is -2.96. The van der Waals surface area contributed by atoms with E-state index in [2.05, 4.69) is 27.5 Å². The van der Waals surface area contributed by atoms with Crippen molar-refractivity contribution in [1.82, 2.24) is 19.9 Å². The number of hydrogen-bond acceptors (Lipinski definition) is 5. The fourth-order valence-corrected chi connectivity index (χ4v) is 2.29. The van der Waals surface area contributed by atoms with Crippen molar-refractivity contribution in [3.63, 3.8) is 0 Å². The van der Waals surface area contributed by atoms with Crippen LogP contribution in [0.5, 0.6) is 0 Å². The van der Waals surface area contributed by atoms with Crippen molar-refractivity contribution in [3.05, 3.63) is 47.9 Å². The Morgan fingerprint density at radius 3 is 2.71 bits per heavy atom. The van der Waals surface area contributed by atoms with Gasteiger partial charge >= 0.3 is 0 Å². The molecule has 1 aromatic carbocycles. The minimum atomic E-state index is -0.179. The van der Waals surface area contributed by atoms with Crippen LogP contribution in [0.4, 0.5) is 5.82 Å². The monoisotopic (exact) mass is 325 g/mol. The molecule has 0 spiro atoms. The van der Waals surface area contributed by atoms with Crippen molar-refractivity contribution in [3.8, 4) is 11.5 Å². The minimum absolute atomic E-state index is 0.179. The number of anilines is 1. The topological polar surface area (TPSA) is 85.8 Å². The quantitative estimate of drug-likeness (QED) is 0.751. The molecule has 0 aliphatic heterocycles. The molecule has 24 heavy (non-hydrogen) atoms. The number of aromatic nitrogens is 4. The first-order valence-corrected chi connectivity index (χ1v) is 7.91. The van der Waals surface area contributed by atoms with Crippen LogP contribution in [0.1, 0.15) is 35.9 Å². The number of aryl methyl sites for hydroxylation is 2. The molecule has 3 aromatic rings. The van der Waals surface area contributed by atoms with Crippen LogP contribution in [0.3, 0.4) is 0 Å². The van der Waals surface area contributed by atoms with Gasteiger partial charge in [-0.15, -0.1) is 0 Å². The molecule has 0 saturated carbocycles. The SMILES string of the molecule is CCCCn1nccc1NC(=O)c1ccc(-c2nc(C)no2)cc1. The first-order chi connectivity index (χ1) is 11.7. The number of rotatable bonds is 6. The molecular formula is C17H19N5O2. The first kappa shape index (κ1) is 15.9. The van der Waals surface area contributed by atoms with Gasteiger partial charge in [0.25, 0.3) is 11.8 Å². The smallest absolute Gasteiger partial charge is 0.257 e. The maximum atomic E-state index is 12.4. The summed E-state index contributed by atoms with van der Waals surface area (Å²) < 4.78 is 6.92. The molecular weight excluding hydrogens is 306 g/mol. The third kappa shape index (κ3) is 3.51. The van der Waals surface area contributed by atoms with Crippen LogP contribution in [0.25, 0.3) is 11.5 Å². The Morgan fingerprint density at radius 1 is 1.25 bits per heavy atom. The lowest BCUT2D eigenvalue weighted by atomic mass is 10.1. The van der Waals surface area contributed by atoms with E-state index in [1.165, 1.54) is 0 Å². The lowest BCUT2D eigenvalue weighted by Crippen LogP contribution is -2.15. The fourth-order valence-electron chi connectivity index (χ4n) is 2.29. The number of unbranched alkanes of at least 4 members (excludes halogenated alkanes) is 1. The lowest BCUT2D eigenvalue weighted by molar-refractivity contribution is 0.102. The molecule has 0 bridgehead atoms. The summed E-state index contributed by atoms with van der Waals surface area (Å²) in [5, 5.41) is 10.9. The predicted molar refractivity (Wildman–Crippen MR) is 89.6 cm³/mol. The number of amides is 1. The van der Waals surface area contributed by atoms with Crippen molar-refractivity contribution in [2.24, 2.45) is 0 Å². The molecule has 2 aromatic heterocycles. The van der Waals surface area contributed by atoms with Crippen molar-refractivity contribution in [2.45, 2.75) is 33.2 Å². The van der Waals surface area contributed by atoms with Crippen molar-refractivity contribution in [1.29, 1.82) is 0 Å². The summed E-state index contributed by atoms with van der Waals surface area (Å²) in [5.41, 5.74) is 1.33. The molecule has 7 heteroatoms. The lowest BCUT2D eigenvalue weighted by Gasteiger charge is -2.08. The van der Waals surface area contributed by atoms with Gasteiger partial charge in [-0.3, -0.25) is 4.79 Å². The van der Waals surface area contributed by atoms with Gasteiger partial charge in [0.05, 0.1) is 6.20 Å². The third-order valence-corrected chi connectivity index (χ3v) is 3.60. The van der Waals surface area contributed by atoms with E-state index >= 15 is 0 Å². The summed E-state index contributed by atoms with van der Waals surface area (Å²) in [7, 11) is 0. The van der Waals surface area contributed by atoms with Gasteiger partial charge < -0.3 is 9.84 Å². The molecule has 0 saturated heterocycles. The largest absolute Gasteiger partial charge is 0.334 e. The van der Waals surface area contributed by atoms with E-state index in [9.17, 15) is 4.79 Å². The second-order valence-electron chi connectivity index (χ2n) is 5.47. The average Bonchev–Trinajstić information content (AvgIpc) is 3.22. The zero-order chi connectivity index (χ0) is 16.9. The summed E-state index contributed by atoms with van der Waals surface area (Å²) in [4.78, 5) is 16.6. The Balaban J connectivity index is 1.70. The van der Waals surface area contributed by atoms with Gasteiger partial charge in [-0.25, -0.2) is 4.68 Å². The van der Waals surface area contributed by atoms with E-state index < -0.39 is 0 Å². The average molecular weight is 325 g/mol. The predicted octanol–water partition coefficient (Wildman–Crippen LogP) is 3.29. The van der Waals surface area contributed by atoms with Crippen LogP contribution in [0.15, 0.2) is 41.1 Å². The second kappa shape index (κ2) is 7.08. The van der Waals surface area contributed by atoms with E-state index in [0.717, 1.165) is 24.9 Å². The summed E-state index contributed by atoms with van der Waals surface area (Å²) in [6.45, 7) is 4.67. The van der Waals surface area contributed by atoms with E-state index in [1.807, 2.05) is 0 Å². The molecule has 0 aliphatic rings. The van der Waals surface area contributed by atoms with Crippen LogP contribution in [0.2, 0.25) is 0 Å². The van der Waals surface area contributed by atoms with Gasteiger partial charge in [0.1, 0.15) is 5.82 Å². The Morgan fingerprint density at radius 2 is 2.04 bits per heavy atom. The first-order valence-electron chi connectivity index (χ1n) is 7.91. The highest BCUT2D eigenvalue weighted by atomic mass is 16.5. The van der Waals surface area contributed by atoms with Crippen molar-refractivity contribution >= 4 is 11.7 Å². The standard InChI is InChI=1S/C17H19N5O2/c1-3-4-11-22-15(9-10-18-22)20-16(23)13-5-7-14(8-6-13)17-19-12(2)21-24-17/h5-10H,3-4,11H2,1-2H3,(H,20,23). The van der Waals surface area contributed by atoms with Gasteiger partial charge in [0, 0.05) is 23.7 Å². The number of nitrogens with one attached hydrogen (secondary N) is 1. The molecule has 0 radical (unpaired) electrons. The van der Waals surface area contributed by atoms with E-state index in [4.69, 9.17) is 4.52 Å². The summed E-state index contributed by atoms with van der Waals surface area (Å²) in [6, 6.07) is 8.84. The fraction of sp³-hybridized carbons (Fsp3) is 0.294.